The molecule has 0 bridgehead atoms. The lowest BCUT2D eigenvalue weighted by Gasteiger charge is -2.45. The Morgan fingerprint density at radius 1 is 1.10 bits per heavy atom. The molecule has 0 aliphatic carbocycles. The summed E-state index contributed by atoms with van der Waals surface area (Å²) in [7, 11) is -0.381. The molecule has 0 fully saturated rings. The second-order valence-electron chi connectivity index (χ2n) is 9.90. The Kier molecular flexibility index (Phi) is 10.7. The third-order valence-electron chi connectivity index (χ3n) is 6.73. The molecule has 3 atom stereocenters. The van der Waals surface area contributed by atoms with Gasteiger partial charge in [-0.1, -0.05) is 60.6 Å². The van der Waals surface area contributed by atoms with E-state index in [2.05, 4.69) is 47.6 Å². The SMILES string of the molecule is C/C=C/CCC[C@@H](C)C(=O)OC1=CC(=O)N(C)[C@H]1[C@@H](C)O[Si](C(C)C)(C(C)C)C(C)C. The van der Waals surface area contributed by atoms with Crippen LogP contribution in [0.5, 0.6) is 0 Å². The van der Waals surface area contributed by atoms with Crippen LogP contribution in [0.3, 0.4) is 0 Å². The van der Waals surface area contributed by atoms with E-state index >= 15 is 0 Å². The number of carbonyl (C=O) groups excluding carboxylic acids is 2. The van der Waals surface area contributed by atoms with E-state index in [1.807, 2.05) is 26.8 Å². The third kappa shape index (κ3) is 6.54. The summed E-state index contributed by atoms with van der Waals surface area (Å²) in [6.07, 6.45) is 7.99. The van der Waals surface area contributed by atoms with Gasteiger partial charge in [0.25, 0.3) is 0 Å². The smallest absolute Gasteiger partial charge is 0.313 e. The average molecular weight is 452 g/mol. The molecule has 1 aliphatic heterocycles. The number of likely N-dealkylation sites (N-methyl/N-ethyl adjacent to an activating group) is 1. The van der Waals surface area contributed by atoms with Gasteiger partial charge in [-0.05, 0) is 49.7 Å². The van der Waals surface area contributed by atoms with Crippen LogP contribution in [0.25, 0.3) is 0 Å². The van der Waals surface area contributed by atoms with Gasteiger partial charge in [0.1, 0.15) is 11.8 Å². The molecular weight excluding hydrogens is 406 g/mol. The van der Waals surface area contributed by atoms with E-state index in [0.717, 1.165) is 19.3 Å². The predicted molar refractivity (Wildman–Crippen MR) is 130 cm³/mol. The molecule has 1 heterocycles. The first kappa shape index (κ1) is 27.6. The van der Waals surface area contributed by atoms with Crippen molar-refractivity contribution in [3.05, 3.63) is 24.0 Å². The first-order chi connectivity index (χ1) is 14.4. The number of carbonyl (C=O) groups is 2. The topological polar surface area (TPSA) is 55.8 Å². The highest BCUT2D eigenvalue weighted by Gasteiger charge is 2.49. The molecule has 0 unspecified atom stereocenters. The zero-order valence-corrected chi connectivity index (χ0v) is 22.4. The number of rotatable bonds is 12. The maximum Gasteiger partial charge on any atom is 0.313 e. The highest BCUT2D eigenvalue weighted by molar-refractivity contribution is 6.77. The van der Waals surface area contributed by atoms with Crippen molar-refractivity contribution < 1.29 is 18.8 Å². The summed E-state index contributed by atoms with van der Waals surface area (Å²) in [5.41, 5.74) is 1.30. The van der Waals surface area contributed by atoms with Crippen LogP contribution in [0.1, 0.15) is 81.6 Å². The van der Waals surface area contributed by atoms with Crippen molar-refractivity contribution in [1.82, 2.24) is 4.90 Å². The monoisotopic (exact) mass is 451 g/mol. The fourth-order valence-electron chi connectivity index (χ4n) is 5.11. The number of unbranched alkanes of at least 4 members (excludes halogenated alkanes) is 1. The molecule has 0 spiro atoms. The number of amides is 1. The normalized spacial score (nSPS) is 19.6. The van der Waals surface area contributed by atoms with Crippen molar-refractivity contribution in [2.45, 2.75) is 110 Å². The number of ether oxygens (including phenoxy) is 1. The van der Waals surface area contributed by atoms with Crippen molar-refractivity contribution in [1.29, 1.82) is 0 Å². The van der Waals surface area contributed by atoms with E-state index < -0.39 is 8.32 Å². The minimum atomic E-state index is -2.14. The summed E-state index contributed by atoms with van der Waals surface area (Å²) < 4.78 is 12.7. The fourth-order valence-corrected chi connectivity index (χ4v) is 10.7. The molecule has 0 aromatic carbocycles. The van der Waals surface area contributed by atoms with Gasteiger partial charge < -0.3 is 14.1 Å². The Bertz CT molecular complexity index is 647. The van der Waals surface area contributed by atoms with Gasteiger partial charge in [-0.25, -0.2) is 0 Å². The second-order valence-corrected chi connectivity index (χ2v) is 15.3. The minimum absolute atomic E-state index is 0.144. The molecule has 6 heteroatoms. The van der Waals surface area contributed by atoms with Gasteiger partial charge in [-0.3, -0.25) is 9.59 Å². The van der Waals surface area contributed by atoms with Crippen LogP contribution < -0.4 is 0 Å². The summed E-state index contributed by atoms with van der Waals surface area (Å²) in [5.74, 6) is -0.203. The van der Waals surface area contributed by atoms with Crippen LogP contribution in [-0.4, -0.2) is 44.3 Å². The first-order valence-corrected chi connectivity index (χ1v) is 14.0. The molecule has 0 aromatic rings. The van der Waals surface area contributed by atoms with Gasteiger partial charge in [0.15, 0.2) is 0 Å². The molecule has 0 saturated heterocycles. The number of hydrogen-bond donors (Lipinski definition) is 0. The van der Waals surface area contributed by atoms with Gasteiger partial charge in [-0.2, -0.15) is 0 Å². The maximum atomic E-state index is 12.7. The number of nitrogens with zero attached hydrogens (tertiary/aromatic N) is 1. The van der Waals surface area contributed by atoms with Gasteiger partial charge in [0, 0.05) is 13.1 Å². The number of allylic oxidation sites excluding steroid dienone is 2. The fraction of sp³-hybridized carbons (Fsp3) is 0.760. The Labute approximate surface area is 191 Å². The van der Waals surface area contributed by atoms with Crippen molar-refractivity contribution in [2.24, 2.45) is 5.92 Å². The van der Waals surface area contributed by atoms with Crippen molar-refractivity contribution >= 4 is 20.2 Å². The summed E-state index contributed by atoms with van der Waals surface area (Å²) in [6.45, 7) is 19.4. The highest BCUT2D eigenvalue weighted by Crippen LogP contribution is 2.44. The zero-order valence-electron chi connectivity index (χ0n) is 21.4. The van der Waals surface area contributed by atoms with Gasteiger partial charge in [0.2, 0.25) is 14.2 Å². The molecule has 0 aromatic heterocycles. The summed E-state index contributed by atoms with van der Waals surface area (Å²) in [4.78, 5) is 26.8. The Morgan fingerprint density at radius 2 is 1.65 bits per heavy atom. The molecule has 31 heavy (non-hydrogen) atoms. The van der Waals surface area contributed by atoms with E-state index in [1.54, 1.807) is 11.9 Å². The van der Waals surface area contributed by atoms with E-state index in [-0.39, 0.29) is 29.9 Å². The third-order valence-corrected chi connectivity index (χ3v) is 12.9. The lowest BCUT2D eigenvalue weighted by atomic mass is 10.0. The summed E-state index contributed by atoms with van der Waals surface area (Å²) >= 11 is 0. The van der Waals surface area contributed by atoms with E-state index in [4.69, 9.17) is 9.16 Å². The van der Waals surface area contributed by atoms with Gasteiger partial charge in [0.05, 0.1) is 12.0 Å². The maximum absolute atomic E-state index is 12.7. The Hall–Kier alpha value is -1.40. The van der Waals surface area contributed by atoms with Crippen molar-refractivity contribution in [3.8, 4) is 0 Å². The molecule has 0 N–H and O–H groups in total. The minimum Gasteiger partial charge on any atom is -0.428 e. The van der Waals surface area contributed by atoms with Crippen molar-refractivity contribution in [3.63, 3.8) is 0 Å². The predicted octanol–water partition coefficient (Wildman–Crippen LogP) is 6.22. The first-order valence-electron chi connectivity index (χ1n) is 11.9. The van der Waals surface area contributed by atoms with Crippen LogP contribution in [0, 0.1) is 5.92 Å². The molecular formula is C25H45NO4Si. The standard InChI is InChI=1S/C25H45NO4Si/c1-11-12-13-14-15-20(8)25(28)29-22-16-23(27)26(10)24(22)21(9)30-31(17(2)3,18(4)5)19(6)7/h11-12,16-21,24H,13-15H2,1-10H3/b12-11+/t20-,21-,24+/m1/s1. The molecule has 1 aliphatic rings. The lowest BCUT2D eigenvalue weighted by Crippen LogP contribution is -2.54. The number of esters is 1. The van der Waals surface area contributed by atoms with Crippen LogP contribution >= 0.6 is 0 Å². The van der Waals surface area contributed by atoms with Gasteiger partial charge in [-0.15, -0.1) is 0 Å². The van der Waals surface area contributed by atoms with Crippen molar-refractivity contribution in [2.75, 3.05) is 7.05 Å². The van der Waals surface area contributed by atoms with Crippen LogP contribution in [0.4, 0.5) is 0 Å². The molecule has 1 rings (SSSR count). The zero-order chi connectivity index (χ0) is 23.9. The van der Waals surface area contributed by atoms with E-state index in [1.165, 1.54) is 6.08 Å². The van der Waals surface area contributed by atoms with E-state index in [0.29, 0.717) is 22.4 Å². The molecule has 5 nitrogen and oxygen atoms in total. The quantitative estimate of drug-likeness (QED) is 0.153. The van der Waals surface area contributed by atoms with E-state index in [9.17, 15) is 9.59 Å². The Balaban J connectivity index is 2.99. The molecule has 178 valence electrons. The second kappa shape index (κ2) is 12.0. The lowest BCUT2D eigenvalue weighted by molar-refractivity contribution is -0.145. The molecule has 0 radical (unpaired) electrons. The van der Waals surface area contributed by atoms with Crippen LogP contribution in [0.15, 0.2) is 24.0 Å². The molecule has 1 amide bonds. The largest absolute Gasteiger partial charge is 0.428 e. The van der Waals surface area contributed by atoms with Crippen LogP contribution in [-0.2, 0) is 18.8 Å². The van der Waals surface area contributed by atoms with Crippen LogP contribution in [0.2, 0.25) is 16.6 Å². The highest BCUT2D eigenvalue weighted by atomic mass is 28.4. The molecule has 0 saturated carbocycles. The summed E-state index contributed by atoms with van der Waals surface area (Å²) in [6, 6.07) is -0.380. The number of hydrogen-bond acceptors (Lipinski definition) is 4. The average Bonchev–Trinajstić information content (AvgIpc) is 2.95. The Morgan fingerprint density at radius 3 is 2.13 bits per heavy atom. The summed E-state index contributed by atoms with van der Waals surface area (Å²) in [5, 5.41) is 0. The van der Waals surface area contributed by atoms with Gasteiger partial charge >= 0.3 is 5.97 Å².